The fraction of sp³-hybridized carbons (Fsp3) is 0.286. The van der Waals surface area contributed by atoms with Crippen LogP contribution in [0.1, 0.15) is 77.9 Å². The van der Waals surface area contributed by atoms with Gasteiger partial charge in [-0.15, -0.1) is 0 Å². The lowest BCUT2D eigenvalue weighted by atomic mass is 9.95. The molecule has 0 fully saturated rings. The second-order valence-corrected chi connectivity index (χ2v) is 11.6. The smallest absolute Gasteiger partial charge is 0.306 e. The van der Waals surface area contributed by atoms with Crippen LogP contribution in [0.3, 0.4) is 0 Å². The molecule has 40 heavy (non-hydrogen) atoms. The minimum atomic E-state index is -1.11. The van der Waals surface area contributed by atoms with Gasteiger partial charge in [-0.05, 0) is 90.4 Å². The van der Waals surface area contributed by atoms with Gasteiger partial charge in [-0.3, -0.25) is 24.6 Å². The second kappa shape index (κ2) is 12.6. The number of unbranched alkanes of at least 4 members (excludes halogenated alkanes) is 1. The average Bonchev–Trinajstić information content (AvgIpc) is 2.99. The van der Waals surface area contributed by atoms with Gasteiger partial charge in [-0.25, -0.2) is 0 Å². The Kier molecular flexibility index (Phi) is 9.42. The predicted molar refractivity (Wildman–Crippen MR) is 159 cm³/mol. The molecule has 0 bridgehead atoms. The number of nitro groups is 1. The molecule has 3 atom stereocenters. The minimum Gasteiger partial charge on any atom is -0.481 e. The molecule has 1 aliphatic heterocycles. The fourth-order valence-corrected chi connectivity index (χ4v) is 5.81. The van der Waals surface area contributed by atoms with E-state index in [1.165, 1.54) is 17.0 Å². The van der Waals surface area contributed by atoms with Gasteiger partial charge in [0.05, 0.1) is 16.5 Å². The molecule has 0 saturated heterocycles. The third-order valence-corrected chi connectivity index (χ3v) is 8.25. The van der Waals surface area contributed by atoms with Crippen molar-refractivity contribution in [2.24, 2.45) is 0 Å². The van der Waals surface area contributed by atoms with Crippen LogP contribution in [0.2, 0.25) is 10.0 Å². The highest BCUT2D eigenvalue weighted by Crippen LogP contribution is 2.43. The summed E-state index contributed by atoms with van der Waals surface area (Å²) < 4.78 is 1.67. The van der Waals surface area contributed by atoms with Crippen LogP contribution in [-0.4, -0.2) is 31.6 Å². The van der Waals surface area contributed by atoms with E-state index in [1.54, 1.807) is 49.4 Å². The molecule has 12 heteroatoms. The van der Waals surface area contributed by atoms with Crippen molar-refractivity contribution in [3.8, 4) is 0 Å². The molecule has 3 unspecified atom stereocenters. The summed E-state index contributed by atoms with van der Waals surface area (Å²) in [6.45, 7) is 1.71. The van der Waals surface area contributed by atoms with E-state index >= 15 is 0 Å². The molecule has 9 nitrogen and oxygen atoms in total. The fourth-order valence-electron chi connectivity index (χ4n) is 5.00. The number of carbonyl (C=O) groups is 2. The first kappa shape index (κ1) is 29.9. The van der Waals surface area contributed by atoms with Gasteiger partial charge < -0.3 is 5.11 Å². The van der Waals surface area contributed by atoms with Crippen molar-refractivity contribution in [3.05, 3.63) is 112 Å². The summed E-state index contributed by atoms with van der Waals surface area (Å²) in [6, 6.07) is 14.7. The Morgan fingerprint density at radius 1 is 1.12 bits per heavy atom. The molecule has 208 valence electrons. The van der Waals surface area contributed by atoms with E-state index in [4.69, 9.17) is 28.3 Å². The first-order valence-electron chi connectivity index (χ1n) is 12.5. The standard InChI is InChI=1S/C28H24Cl2IN3O6/c1-16(18-8-13-23(30)25(14-18)34(39)40)32-27(17-6-9-19(29)10-7-17)33(38)24(4-2-3-5-26(35)36)21-12-11-20(31)15-22(21)28(32)37/h6-16,24,27H,2-5H2,1H3/p+1. The van der Waals surface area contributed by atoms with Gasteiger partial charge >= 0.3 is 12.1 Å². The van der Waals surface area contributed by atoms with Gasteiger partial charge in [-0.2, -0.15) is 0 Å². The van der Waals surface area contributed by atoms with Crippen molar-refractivity contribution in [1.82, 2.24) is 4.90 Å². The summed E-state index contributed by atoms with van der Waals surface area (Å²) in [6.07, 6.45) is 0.0401. The molecular weight excluding hydrogens is 672 g/mol. The van der Waals surface area contributed by atoms with Crippen LogP contribution in [0.5, 0.6) is 0 Å². The first-order valence-corrected chi connectivity index (χ1v) is 14.3. The number of nitro benzene ring substituents is 1. The lowest BCUT2D eigenvalue weighted by molar-refractivity contribution is -0.652. The maximum Gasteiger partial charge on any atom is 0.306 e. The molecule has 3 aromatic carbocycles. The Balaban J connectivity index is 1.88. The number of carboxylic acid groups (broad SMARTS) is 1. The lowest BCUT2D eigenvalue weighted by Crippen LogP contribution is -2.40. The summed E-state index contributed by atoms with van der Waals surface area (Å²) in [5, 5.41) is 21.1. The summed E-state index contributed by atoms with van der Waals surface area (Å²) >= 11 is 14.3. The van der Waals surface area contributed by atoms with Gasteiger partial charge in [0.15, 0.2) is 0 Å². The molecule has 0 aliphatic carbocycles. The SMILES string of the molecule is CC(c1ccc(Cl)c([N+](=O)[O-])c1)N1C(=O)c2cc(I)ccc2C(CCCCC(=O)O)[N+](=O)C1c1ccc(Cl)cc1. The molecule has 0 spiro atoms. The van der Waals surface area contributed by atoms with Crippen molar-refractivity contribution in [2.75, 3.05) is 0 Å². The molecule has 1 N–H and O–H groups in total. The number of nitroso groups, excluding NO2 is 1. The summed E-state index contributed by atoms with van der Waals surface area (Å²) in [5.41, 5.74) is 1.54. The number of aliphatic carboxylic acids is 1. The van der Waals surface area contributed by atoms with E-state index in [1.807, 2.05) is 6.07 Å². The number of hydrogen-bond donors (Lipinski definition) is 1. The number of hydrogen-bond acceptors (Lipinski definition) is 5. The number of rotatable bonds is 9. The van der Waals surface area contributed by atoms with Crippen LogP contribution in [0.15, 0.2) is 60.7 Å². The van der Waals surface area contributed by atoms with Crippen LogP contribution in [0.25, 0.3) is 0 Å². The van der Waals surface area contributed by atoms with Gasteiger partial charge in [0.1, 0.15) is 5.02 Å². The number of carbonyl (C=O) groups excluding carboxylic acids is 1. The van der Waals surface area contributed by atoms with E-state index < -0.39 is 35.0 Å². The minimum absolute atomic E-state index is 0.0246. The van der Waals surface area contributed by atoms with E-state index in [0.717, 1.165) is 8.33 Å². The van der Waals surface area contributed by atoms with Crippen molar-refractivity contribution >= 4 is 63.4 Å². The molecule has 0 aromatic heterocycles. The normalized spacial score (nSPS) is 17.8. The van der Waals surface area contributed by atoms with Gasteiger partial charge in [-0.1, -0.05) is 35.3 Å². The molecule has 1 amide bonds. The number of benzene rings is 3. The molecule has 4 rings (SSSR count). The molecule has 3 aromatic rings. The highest BCUT2D eigenvalue weighted by atomic mass is 127. The third-order valence-electron chi connectivity index (χ3n) is 7.00. The van der Waals surface area contributed by atoms with Crippen LogP contribution < -0.4 is 0 Å². The summed E-state index contributed by atoms with van der Waals surface area (Å²) in [7, 11) is 0. The number of carboxylic acids is 1. The van der Waals surface area contributed by atoms with E-state index in [9.17, 15) is 24.6 Å². The summed E-state index contributed by atoms with van der Waals surface area (Å²) in [4.78, 5) is 52.2. The Morgan fingerprint density at radius 3 is 2.48 bits per heavy atom. The van der Waals surface area contributed by atoms with Crippen LogP contribution in [0, 0.1) is 18.6 Å². The zero-order valence-electron chi connectivity index (χ0n) is 21.3. The largest absolute Gasteiger partial charge is 0.481 e. The molecular formula is C28H25Cl2IN3O6+. The van der Waals surface area contributed by atoms with E-state index in [0.29, 0.717) is 46.5 Å². The second-order valence-electron chi connectivity index (χ2n) is 9.53. The maximum absolute atomic E-state index is 14.4. The Morgan fingerprint density at radius 2 is 1.82 bits per heavy atom. The van der Waals surface area contributed by atoms with Crippen molar-refractivity contribution in [3.63, 3.8) is 0 Å². The molecule has 1 aliphatic rings. The lowest BCUT2D eigenvalue weighted by Gasteiger charge is -2.31. The topological polar surface area (TPSA) is 121 Å². The number of nitrogens with zero attached hydrogens (tertiary/aromatic N) is 3. The maximum atomic E-state index is 14.4. The van der Waals surface area contributed by atoms with Crippen LogP contribution >= 0.6 is 45.8 Å². The van der Waals surface area contributed by atoms with Gasteiger partial charge in [0, 0.05) is 48.3 Å². The number of amides is 1. The quantitative estimate of drug-likeness (QED) is 0.0799. The molecule has 0 radical (unpaired) electrons. The Labute approximate surface area is 253 Å². The number of fused-ring (bicyclic) bond motifs is 1. The third kappa shape index (κ3) is 6.29. The van der Waals surface area contributed by atoms with Crippen molar-refractivity contribution in [2.45, 2.75) is 50.9 Å². The highest BCUT2D eigenvalue weighted by molar-refractivity contribution is 14.1. The van der Waals surface area contributed by atoms with Crippen LogP contribution in [0.4, 0.5) is 5.69 Å². The van der Waals surface area contributed by atoms with Crippen molar-refractivity contribution in [1.29, 1.82) is 0 Å². The average molecular weight is 697 g/mol. The highest BCUT2D eigenvalue weighted by Gasteiger charge is 2.49. The Bertz CT molecular complexity index is 1480. The van der Waals surface area contributed by atoms with Crippen LogP contribution in [-0.2, 0) is 4.79 Å². The van der Waals surface area contributed by atoms with Crippen molar-refractivity contribution < 1.29 is 24.4 Å². The zero-order valence-corrected chi connectivity index (χ0v) is 25.0. The molecule has 1 heterocycles. The van der Waals surface area contributed by atoms with E-state index in [-0.39, 0.29) is 17.1 Å². The Hall–Kier alpha value is -3.09. The predicted octanol–water partition coefficient (Wildman–Crippen LogP) is 7.89. The van der Waals surface area contributed by atoms with Gasteiger partial charge in [0.25, 0.3) is 11.6 Å². The zero-order chi connectivity index (χ0) is 29.1. The monoisotopic (exact) mass is 696 g/mol. The number of halogens is 3. The first-order chi connectivity index (χ1) is 19.0. The molecule has 0 saturated carbocycles. The van der Waals surface area contributed by atoms with E-state index in [2.05, 4.69) is 22.6 Å². The summed E-state index contributed by atoms with van der Waals surface area (Å²) in [5.74, 6) is -1.33. The van der Waals surface area contributed by atoms with Gasteiger partial charge in [0.2, 0.25) is 6.04 Å².